The van der Waals surface area contributed by atoms with Crippen molar-refractivity contribution in [1.29, 1.82) is 0 Å². The molecular formula is C16H17ClO2. The van der Waals surface area contributed by atoms with Crippen molar-refractivity contribution in [1.82, 2.24) is 0 Å². The number of aliphatic hydroxyl groups is 1. The Morgan fingerprint density at radius 1 is 0.842 bits per heavy atom. The summed E-state index contributed by atoms with van der Waals surface area (Å²) in [5.74, 6) is 0.438. The summed E-state index contributed by atoms with van der Waals surface area (Å²) < 4.78 is 0. The number of benzene rings is 2. The molecule has 1 atom stereocenters. The highest BCUT2D eigenvalue weighted by molar-refractivity contribution is 6.30. The average Bonchev–Trinajstić information content (AvgIpc) is 2.43. The molecule has 0 heterocycles. The van der Waals surface area contributed by atoms with E-state index in [4.69, 9.17) is 11.6 Å². The quantitative estimate of drug-likeness (QED) is 0.878. The van der Waals surface area contributed by atoms with Crippen LogP contribution >= 0.6 is 11.6 Å². The highest BCUT2D eigenvalue weighted by Crippen LogP contribution is 2.18. The van der Waals surface area contributed by atoms with Gasteiger partial charge in [0.05, 0.1) is 0 Å². The molecule has 2 rings (SSSR count). The van der Waals surface area contributed by atoms with Crippen LogP contribution in [0.3, 0.4) is 0 Å². The van der Waals surface area contributed by atoms with Crippen molar-refractivity contribution in [2.75, 3.05) is 6.61 Å². The van der Waals surface area contributed by atoms with Crippen LogP contribution in [0.25, 0.3) is 0 Å². The standard InChI is InChI=1S/C16H17ClO2/c17-15-5-1-12(2-6-15)9-14(11-18)10-13-3-7-16(19)8-4-13/h1-8,14,18-19H,9-11H2. The van der Waals surface area contributed by atoms with Crippen LogP contribution in [0.1, 0.15) is 11.1 Å². The maximum Gasteiger partial charge on any atom is 0.115 e. The fourth-order valence-electron chi connectivity index (χ4n) is 2.12. The molecule has 0 aliphatic heterocycles. The minimum atomic E-state index is 0.142. The number of halogens is 1. The van der Waals surface area contributed by atoms with Crippen LogP contribution in [-0.2, 0) is 12.8 Å². The van der Waals surface area contributed by atoms with Crippen molar-refractivity contribution < 1.29 is 10.2 Å². The van der Waals surface area contributed by atoms with Gasteiger partial charge in [0.2, 0.25) is 0 Å². The van der Waals surface area contributed by atoms with E-state index in [1.165, 1.54) is 5.56 Å². The largest absolute Gasteiger partial charge is 0.508 e. The molecule has 0 fully saturated rings. The summed E-state index contributed by atoms with van der Waals surface area (Å²) in [6.07, 6.45) is 1.61. The van der Waals surface area contributed by atoms with Crippen LogP contribution in [0, 0.1) is 5.92 Å². The molecule has 100 valence electrons. The fourth-order valence-corrected chi connectivity index (χ4v) is 2.25. The number of phenolic OH excluding ortho intramolecular Hbond substituents is 1. The van der Waals surface area contributed by atoms with E-state index in [-0.39, 0.29) is 18.3 Å². The molecule has 0 aliphatic carbocycles. The van der Waals surface area contributed by atoms with Crippen LogP contribution in [0.15, 0.2) is 48.5 Å². The third-order valence-corrected chi connectivity index (χ3v) is 3.41. The average molecular weight is 277 g/mol. The summed E-state index contributed by atoms with van der Waals surface area (Å²) in [7, 11) is 0. The second-order valence-electron chi connectivity index (χ2n) is 4.75. The monoisotopic (exact) mass is 276 g/mol. The molecule has 0 amide bonds. The molecular weight excluding hydrogens is 260 g/mol. The summed E-state index contributed by atoms with van der Waals surface area (Å²) >= 11 is 5.85. The van der Waals surface area contributed by atoms with Gasteiger partial charge in [-0.3, -0.25) is 0 Å². The molecule has 2 nitrogen and oxygen atoms in total. The molecule has 0 aliphatic rings. The number of hydrogen-bond donors (Lipinski definition) is 2. The number of aliphatic hydroxyl groups excluding tert-OH is 1. The molecule has 3 heteroatoms. The lowest BCUT2D eigenvalue weighted by Gasteiger charge is -2.14. The second-order valence-corrected chi connectivity index (χ2v) is 5.19. The van der Waals surface area contributed by atoms with E-state index in [0.717, 1.165) is 23.4 Å². The van der Waals surface area contributed by atoms with Gasteiger partial charge < -0.3 is 10.2 Å². The fraction of sp³-hybridized carbons (Fsp3) is 0.250. The minimum Gasteiger partial charge on any atom is -0.508 e. The highest BCUT2D eigenvalue weighted by atomic mass is 35.5. The summed E-state index contributed by atoms with van der Waals surface area (Å²) in [5.41, 5.74) is 2.29. The third kappa shape index (κ3) is 4.27. The number of phenols is 1. The van der Waals surface area contributed by atoms with Gasteiger partial charge in [0.1, 0.15) is 5.75 Å². The molecule has 0 aromatic heterocycles. The van der Waals surface area contributed by atoms with Crippen LogP contribution in [0.2, 0.25) is 5.02 Å². The van der Waals surface area contributed by atoms with E-state index < -0.39 is 0 Å². The Morgan fingerprint density at radius 2 is 1.32 bits per heavy atom. The topological polar surface area (TPSA) is 40.5 Å². The van der Waals surface area contributed by atoms with Gasteiger partial charge in [-0.05, 0) is 54.2 Å². The normalized spacial score (nSPS) is 12.3. The second kappa shape index (κ2) is 6.60. The lowest BCUT2D eigenvalue weighted by Crippen LogP contribution is -2.12. The van der Waals surface area contributed by atoms with E-state index >= 15 is 0 Å². The molecule has 2 aromatic carbocycles. The molecule has 1 unspecified atom stereocenters. The third-order valence-electron chi connectivity index (χ3n) is 3.16. The molecule has 0 radical (unpaired) electrons. The summed E-state index contributed by atoms with van der Waals surface area (Å²) in [4.78, 5) is 0. The Kier molecular flexibility index (Phi) is 4.83. The number of aromatic hydroxyl groups is 1. The summed E-state index contributed by atoms with van der Waals surface area (Å²) in [6, 6.07) is 14.8. The van der Waals surface area contributed by atoms with Gasteiger partial charge in [-0.25, -0.2) is 0 Å². The van der Waals surface area contributed by atoms with Gasteiger partial charge in [-0.15, -0.1) is 0 Å². The zero-order valence-corrected chi connectivity index (χ0v) is 11.3. The van der Waals surface area contributed by atoms with Crippen LogP contribution in [-0.4, -0.2) is 16.8 Å². The van der Waals surface area contributed by atoms with Crippen LogP contribution < -0.4 is 0 Å². The Balaban J connectivity index is 2.00. The van der Waals surface area contributed by atoms with Crippen molar-refractivity contribution >= 4 is 11.6 Å². The van der Waals surface area contributed by atoms with Crippen molar-refractivity contribution in [2.24, 2.45) is 5.92 Å². The van der Waals surface area contributed by atoms with Gasteiger partial charge in [-0.2, -0.15) is 0 Å². The first kappa shape index (κ1) is 13.9. The smallest absolute Gasteiger partial charge is 0.115 e. The van der Waals surface area contributed by atoms with Gasteiger partial charge in [-0.1, -0.05) is 35.9 Å². The molecule has 2 N–H and O–H groups in total. The number of rotatable bonds is 5. The van der Waals surface area contributed by atoms with Crippen molar-refractivity contribution in [2.45, 2.75) is 12.8 Å². The molecule has 0 spiro atoms. The van der Waals surface area contributed by atoms with Gasteiger partial charge >= 0.3 is 0 Å². The van der Waals surface area contributed by atoms with E-state index in [0.29, 0.717) is 0 Å². The maximum absolute atomic E-state index is 9.48. The number of hydrogen-bond acceptors (Lipinski definition) is 2. The Hall–Kier alpha value is -1.51. The Labute approximate surface area is 118 Å². The van der Waals surface area contributed by atoms with Gasteiger partial charge in [0.15, 0.2) is 0 Å². The van der Waals surface area contributed by atoms with Crippen LogP contribution in [0.4, 0.5) is 0 Å². The summed E-state index contributed by atoms with van der Waals surface area (Å²) in [5, 5.41) is 19.5. The first-order chi connectivity index (χ1) is 9.17. The zero-order chi connectivity index (χ0) is 13.7. The highest BCUT2D eigenvalue weighted by Gasteiger charge is 2.10. The first-order valence-corrected chi connectivity index (χ1v) is 6.68. The van der Waals surface area contributed by atoms with Crippen molar-refractivity contribution in [3.8, 4) is 5.75 Å². The predicted octanol–water partition coefficient (Wildman–Crippen LogP) is 3.44. The van der Waals surface area contributed by atoms with E-state index in [1.807, 2.05) is 36.4 Å². The van der Waals surface area contributed by atoms with Gasteiger partial charge in [0.25, 0.3) is 0 Å². The van der Waals surface area contributed by atoms with E-state index in [1.54, 1.807) is 12.1 Å². The van der Waals surface area contributed by atoms with Crippen LogP contribution in [0.5, 0.6) is 5.75 Å². The molecule has 0 saturated heterocycles. The van der Waals surface area contributed by atoms with Crippen molar-refractivity contribution in [3.05, 3.63) is 64.7 Å². The van der Waals surface area contributed by atoms with Gasteiger partial charge in [0, 0.05) is 11.6 Å². The molecule has 19 heavy (non-hydrogen) atoms. The van der Waals surface area contributed by atoms with Crippen molar-refractivity contribution in [3.63, 3.8) is 0 Å². The lowest BCUT2D eigenvalue weighted by molar-refractivity contribution is 0.225. The Morgan fingerprint density at radius 3 is 1.79 bits per heavy atom. The Bertz CT molecular complexity index is 458. The van der Waals surface area contributed by atoms with E-state index in [9.17, 15) is 10.2 Å². The lowest BCUT2D eigenvalue weighted by atomic mass is 9.93. The first-order valence-electron chi connectivity index (χ1n) is 6.30. The molecule has 0 saturated carbocycles. The summed E-state index contributed by atoms with van der Waals surface area (Å²) in [6.45, 7) is 0.142. The minimum absolute atomic E-state index is 0.142. The van der Waals surface area contributed by atoms with E-state index in [2.05, 4.69) is 0 Å². The maximum atomic E-state index is 9.48. The SMILES string of the molecule is OCC(Cc1ccc(O)cc1)Cc1ccc(Cl)cc1. The molecule has 0 bridgehead atoms. The molecule has 2 aromatic rings. The predicted molar refractivity (Wildman–Crippen MR) is 77.5 cm³/mol. The zero-order valence-electron chi connectivity index (χ0n) is 10.6.